The van der Waals surface area contributed by atoms with Crippen LogP contribution in [0.25, 0.3) is 0 Å². The minimum atomic E-state index is -0.242. The molecule has 0 amide bonds. The van der Waals surface area contributed by atoms with Crippen molar-refractivity contribution < 1.29 is 9.53 Å². The molecule has 0 fully saturated rings. The zero-order chi connectivity index (χ0) is 17.4. The fourth-order valence-corrected chi connectivity index (χ4v) is 3.14. The fraction of sp³-hybridized carbons (Fsp3) is 0.409. The van der Waals surface area contributed by atoms with Gasteiger partial charge in [0.15, 0.2) is 0 Å². The molecule has 0 aliphatic carbocycles. The Morgan fingerprint density at radius 2 is 1.67 bits per heavy atom. The summed E-state index contributed by atoms with van der Waals surface area (Å²) in [5.41, 5.74) is 3.33. The van der Waals surface area contributed by atoms with Crippen LogP contribution in [0.1, 0.15) is 61.0 Å². The summed E-state index contributed by atoms with van der Waals surface area (Å²) in [5.74, 6) is 0.970. The van der Waals surface area contributed by atoms with Gasteiger partial charge in [-0.05, 0) is 54.9 Å². The lowest BCUT2D eigenvalue weighted by Gasteiger charge is -2.20. The SMILES string of the molecule is CCOC(=O)c1ccc(CC(CC)CC(C)c2ccccc2)cc1. The maximum absolute atomic E-state index is 11.7. The van der Waals surface area contributed by atoms with E-state index >= 15 is 0 Å². The lowest BCUT2D eigenvalue weighted by Crippen LogP contribution is -2.09. The Balaban J connectivity index is 1.96. The zero-order valence-corrected chi connectivity index (χ0v) is 15.0. The van der Waals surface area contributed by atoms with Gasteiger partial charge in [-0.1, -0.05) is 62.7 Å². The molecule has 0 bridgehead atoms. The summed E-state index contributed by atoms with van der Waals surface area (Å²) >= 11 is 0. The average molecular weight is 324 g/mol. The first-order chi connectivity index (χ1) is 11.6. The number of carbonyl (C=O) groups is 1. The second-order valence-corrected chi connectivity index (χ2v) is 6.44. The predicted molar refractivity (Wildman–Crippen MR) is 99.4 cm³/mol. The molecule has 128 valence electrons. The molecule has 0 saturated carbocycles. The van der Waals surface area contributed by atoms with Gasteiger partial charge in [0.1, 0.15) is 0 Å². The molecule has 0 aromatic heterocycles. The molecule has 0 radical (unpaired) electrons. The van der Waals surface area contributed by atoms with E-state index in [1.165, 1.54) is 17.5 Å². The molecule has 0 saturated heterocycles. The molecule has 0 heterocycles. The van der Waals surface area contributed by atoms with Crippen molar-refractivity contribution in [3.8, 4) is 0 Å². The van der Waals surface area contributed by atoms with E-state index < -0.39 is 0 Å². The van der Waals surface area contributed by atoms with Crippen LogP contribution in [0, 0.1) is 5.92 Å². The third-order valence-corrected chi connectivity index (χ3v) is 4.62. The summed E-state index contributed by atoms with van der Waals surface area (Å²) in [6, 6.07) is 18.6. The number of benzene rings is 2. The Labute approximate surface area is 145 Å². The third-order valence-electron chi connectivity index (χ3n) is 4.62. The van der Waals surface area contributed by atoms with Gasteiger partial charge >= 0.3 is 5.97 Å². The second-order valence-electron chi connectivity index (χ2n) is 6.44. The van der Waals surface area contributed by atoms with Crippen molar-refractivity contribution in [2.45, 2.75) is 46.0 Å². The smallest absolute Gasteiger partial charge is 0.338 e. The highest BCUT2D eigenvalue weighted by molar-refractivity contribution is 5.89. The van der Waals surface area contributed by atoms with E-state index in [1.54, 1.807) is 0 Å². The Kier molecular flexibility index (Phi) is 7.05. The summed E-state index contributed by atoms with van der Waals surface area (Å²) in [5, 5.41) is 0. The molecular weight excluding hydrogens is 296 g/mol. The third kappa shape index (κ3) is 5.23. The molecule has 2 nitrogen and oxygen atoms in total. The van der Waals surface area contributed by atoms with Gasteiger partial charge in [0, 0.05) is 0 Å². The molecule has 2 aromatic rings. The minimum Gasteiger partial charge on any atom is -0.462 e. The van der Waals surface area contributed by atoms with Gasteiger partial charge in [-0.15, -0.1) is 0 Å². The number of carbonyl (C=O) groups excluding carboxylic acids is 1. The number of ether oxygens (including phenoxy) is 1. The molecule has 0 aliphatic rings. The Hall–Kier alpha value is -2.09. The normalized spacial score (nSPS) is 13.3. The molecule has 0 N–H and O–H groups in total. The molecule has 2 atom stereocenters. The standard InChI is InChI=1S/C22H28O2/c1-4-18(15-17(3)20-9-7-6-8-10-20)16-19-11-13-21(14-12-19)22(23)24-5-2/h6-14,17-18H,4-5,15-16H2,1-3H3. The first kappa shape index (κ1) is 18.3. The summed E-state index contributed by atoms with van der Waals surface area (Å²) in [7, 11) is 0. The van der Waals surface area contributed by atoms with Crippen molar-refractivity contribution in [1.29, 1.82) is 0 Å². The molecule has 24 heavy (non-hydrogen) atoms. The Morgan fingerprint density at radius 3 is 2.25 bits per heavy atom. The van der Waals surface area contributed by atoms with Crippen LogP contribution < -0.4 is 0 Å². The highest BCUT2D eigenvalue weighted by Crippen LogP contribution is 2.27. The molecular formula is C22H28O2. The van der Waals surface area contributed by atoms with Crippen LogP contribution in [0.3, 0.4) is 0 Å². The summed E-state index contributed by atoms with van der Waals surface area (Å²) in [6.07, 6.45) is 3.40. The number of rotatable bonds is 8. The first-order valence-corrected chi connectivity index (χ1v) is 8.95. The Bertz CT molecular complexity index is 616. The quantitative estimate of drug-likeness (QED) is 0.589. The van der Waals surface area contributed by atoms with Crippen molar-refractivity contribution in [1.82, 2.24) is 0 Å². The van der Waals surface area contributed by atoms with Crippen molar-refractivity contribution in [3.05, 3.63) is 71.3 Å². The lowest BCUT2D eigenvalue weighted by molar-refractivity contribution is 0.0526. The van der Waals surface area contributed by atoms with Gasteiger partial charge in [0.25, 0.3) is 0 Å². The van der Waals surface area contributed by atoms with Crippen LogP contribution in [-0.2, 0) is 11.2 Å². The van der Waals surface area contributed by atoms with E-state index in [1.807, 2.05) is 19.1 Å². The van der Waals surface area contributed by atoms with E-state index in [9.17, 15) is 4.79 Å². The van der Waals surface area contributed by atoms with Crippen LogP contribution in [0.5, 0.6) is 0 Å². The van der Waals surface area contributed by atoms with Gasteiger partial charge in [-0.25, -0.2) is 4.79 Å². The highest BCUT2D eigenvalue weighted by Gasteiger charge is 2.14. The van der Waals surface area contributed by atoms with Gasteiger partial charge in [-0.2, -0.15) is 0 Å². The van der Waals surface area contributed by atoms with Crippen LogP contribution in [0.15, 0.2) is 54.6 Å². The average Bonchev–Trinajstić information content (AvgIpc) is 2.62. The topological polar surface area (TPSA) is 26.3 Å². The molecule has 2 rings (SSSR count). The van der Waals surface area contributed by atoms with E-state index in [0.29, 0.717) is 24.0 Å². The summed E-state index contributed by atoms with van der Waals surface area (Å²) in [6.45, 7) is 6.80. The molecule has 0 aliphatic heterocycles. The first-order valence-electron chi connectivity index (χ1n) is 8.95. The van der Waals surface area contributed by atoms with E-state index in [4.69, 9.17) is 4.74 Å². The van der Waals surface area contributed by atoms with Gasteiger partial charge in [0.05, 0.1) is 12.2 Å². The van der Waals surface area contributed by atoms with E-state index in [0.717, 1.165) is 12.8 Å². The monoisotopic (exact) mass is 324 g/mol. The van der Waals surface area contributed by atoms with Gasteiger partial charge < -0.3 is 4.74 Å². The van der Waals surface area contributed by atoms with Crippen LogP contribution in [0.4, 0.5) is 0 Å². The molecule has 2 unspecified atom stereocenters. The second kappa shape index (κ2) is 9.27. The van der Waals surface area contributed by atoms with Crippen molar-refractivity contribution >= 4 is 5.97 Å². The summed E-state index contributed by atoms with van der Waals surface area (Å²) in [4.78, 5) is 11.7. The number of hydrogen-bond donors (Lipinski definition) is 0. The van der Waals surface area contributed by atoms with Crippen molar-refractivity contribution in [3.63, 3.8) is 0 Å². The van der Waals surface area contributed by atoms with Crippen molar-refractivity contribution in [2.75, 3.05) is 6.61 Å². The highest BCUT2D eigenvalue weighted by atomic mass is 16.5. The van der Waals surface area contributed by atoms with Crippen LogP contribution in [-0.4, -0.2) is 12.6 Å². The molecule has 2 aromatic carbocycles. The fourth-order valence-electron chi connectivity index (χ4n) is 3.14. The van der Waals surface area contributed by atoms with Gasteiger partial charge in [0.2, 0.25) is 0 Å². The maximum Gasteiger partial charge on any atom is 0.338 e. The lowest BCUT2D eigenvalue weighted by atomic mass is 9.85. The predicted octanol–water partition coefficient (Wildman–Crippen LogP) is 5.63. The molecule has 0 spiro atoms. The van der Waals surface area contributed by atoms with Crippen LogP contribution >= 0.6 is 0 Å². The maximum atomic E-state index is 11.7. The van der Waals surface area contributed by atoms with Crippen molar-refractivity contribution in [2.24, 2.45) is 5.92 Å². The summed E-state index contributed by atoms with van der Waals surface area (Å²) < 4.78 is 5.03. The Morgan fingerprint density at radius 1 is 1.00 bits per heavy atom. The van der Waals surface area contributed by atoms with E-state index in [-0.39, 0.29) is 5.97 Å². The number of esters is 1. The minimum absolute atomic E-state index is 0.242. The zero-order valence-electron chi connectivity index (χ0n) is 15.0. The number of hydrogen-bond acceptors (Lipinski definition) is 2. The largest absolute Gasteiger partial charge is 0.462 e. The van der Waals surface area contributed by atoms with Crippen LogP contribution in [0.2, 0.25) is 0 Å². The van der Waals surface area contributed by atoms with Gasteiger partial charge in [-0.3, -0.25) is 0 Å². The van der Waals surface area contributed by atoms with E-state index in [2.05, 4.69) is 56.3 Å². The molecule has 2 heteroatoms.